The molecule has 0 saturated carbocycles. The molecule has 3 N–H and O–H groups in total. The number of oxime groups is 1. The monoisotopic (exact) mass is 463 g/mol. The number of nitrogens with zero attached hydrogens (tertiary/aromatic N) is 3. The van der Waals surface area contributed by atoms with Crippen molar-refractivity contribution in [2.24, 2.45) is 5.16 Å². The van der Waals surface area contributed by atoms with Crippen LogP contribution in [0.25, 0.3) is 0 Å². The first-order valence-corrected chi connectivity index (χ1v) is 10.2. The zero-order valence-corrected chi connectivity index (χ0v) is 19.4. The number of hydrogen-bond acceptors (Lipinski definition) is 12. The number of β-lactam (4-membered cyclic amide) rings is 1. The minimum Gasteiger partial charge on any atom is -0.544 e. The maximum absolute atomic E-state index is 12.7. The van der Waals surface area contributed by atoms with Crippen molar-refractivity contribution in [1.29, 1.82) is 0 Å². The molecule has 15 heteroatoms. The molecule has 2 amide bonds. The molecule has 4 atom stereocenters. The van der Waals surface area contributed by atoms with Crippen LogP contribution in [0.5, 0.6) is 0 Å². The van der Waals surface area contributed by atoms with Crippen LogP contribution in [0.2, 0.25) is 0 Å². The van der Waals surface area contributed by atoms with Crippen LogP contribution in [0.4, 0.5) is 5.13 Å². The molecule has 3 saturated heterocycles. The van der Waals surface area contributed by atoms with E-state index in [-0.39, 0.29) is 52.5 Å². The van der Waals surface area contributed by atoms with Gasteiger partial charge in [-0.1, -0.05) is 5.16 Å². The van der Waals surface area contributed by atoms with Gasteiger partial charge in [-0.15, -0.1) is 23.1 Å². The number of hydrogen-bond donors (Lipinski definition) is 2. The number of carboxylic acid groups (broad SMARTS) is 1. The molecule has 3 aliphatic rings. The minimum atomic E-state index is -2.16. The molecule has 1 aromatic heterocycles. The van der Waals surface area contributed by atoms with Gasteiger partial charge in [-0.3, -0.25) is 19.3 Å². The van der Waals surface area contributed by atoms with Gasteiger partial charge < -0.3 is 30.5 Å². The van der Waals surface area contributed by atoms with Crippen molar-refractivity contribution in [3.8, 4) is 0 Å². The second-order valence-corrected chi connectivity index (χ2v) is 8.53. The summed E-state index contributed by atoms with van der Waals surface area (Å²) >= 11 is 2.28. The predicted octanol–water partition coefficient (Wildman–Crippen LogP) is -5.72. The number of ether oxygens (including phenoxy) is 1. The van der Waals surface area contributed by atoms with Gasteiger partial charge in [0.1, 0.15) is 24.8 Å². The average Bonchev–Trinajstić information content (AvgIpc) is 3.25. The number of fused-ring (bicyclic) bond motifs is 3. The SMILES string of the molecule is CO/N=C(\C(=O)N[C@@H]1C(=O)N2[C@@H]1CS[C@H]1CC(=O)O[C@@]12C(=O)[O-])c1csc(N)n1.[Na+]. The van der Waals surface area contributed by atoms with E-state index in [0.29, 0.717) is 5.75 Å². The number of esters is 1. The van der Waals surface area contributed by atoms with Crippen molar-refractivity contribution in [1.82, 2.24) is 15.2 Å². The minimum absolute atomic E-state index is 0. The Hall–Kier alpha value is -1.87. The van der Waals surface area contributed by atoms with Crippen molar-refractivity contribution >= 4 is 57.7 Å². The van der Waals surface area contributed by atoms with E-state index >= 15 is 0 Å². The molecule has 4 rings (SSSR count). The van der Waals surface area contributed by atoms with Gasteiger partial charge in [0, 0.05) is 11.1 Å². The average molecular weight is 463 g/mol. The summed E-state index contributed by atoms with van der Waals surface area (Å²) in [7, 11) is 1.25. The van der Waals surface area contributed by atoms with E-state index < -0.39 is 46.8 Å². The third-order valence-corrected chi connectivity index (χ3v) is 6.94. The Labute approximate surface area is 199 Å². The van der Waals surface area contributed by atoms with Crippen molar-refractivity contribution < 1.29 is 63.4 Å². The number of amides is 2. The molecule has 3 fully saturated rings. The summed E-state index contributed by atoms with van der Waals surface area (Å²) in [6.07, 6.45) is -0.137. The van der Waals surface area contributed by atoms with Gasteiger partial charge in [0.2, 0.25) is 5.72 Å². The van der Waals surface area contributed by atoms with Gasteiger partial charge in [-0.25, -0.2) is 4.98 Å². The summed E-state index contributed by atoms with van der Waals surface area (Å²) in [4.78, 5) is 58.5. The molecule has 0 spiro atoms. The second-order valence-electron chi connectivity index (χ2n) is 6.40. The Morgan fingerprint density at radius 2 is 2.23 bits per heavy atom. The Morgan fingerprint density at radius 1 is 1.50 bits per heavy atom. The topological polar surface area (TPSA) is 176 Å². The molecule has 12 nitrogen and oxygen atoms in total. The van der Waals surface area contributed by atoms with Crippen LogP contribution in [0.1, 0.15) is 12.1 Å². The fourth-order valence-corrected chi connectivity index (χ4v) is 5.67. The molecular weight excluding hydrogens is 449 g/mol. The van der Waals surface area contributed by atoms with E-state index in [2.05, 4.69) is 20.3 Å². The summed E-state index contributed by atoms with van der Waals surface area (Å²) < 4.78 is 5.03. The third kappa shape index (κ3) is 3.36. The number of thiazole rings is 1. The number of carboxylic acids is 1. The number of nitrogens with one attached hydrogen (secondary N) is 1. The van der Waals surface area contributed by atoms with Gasteiger partial charge in [0.05, 0.1) is 17.7 Å². The molecule has 3 aliphatic heterocycles. The predicted molar refractivity (Wildman–Crippen MR) is 97.3 cm³/mol. The second kappa shape index (κ2) is 8.34. The van der Waals surface area contributed by atoms with Crippen molar-refractivity contribution in [3.63, 3.8) is 0 Å². The number of anilines is 1. The van der Waals surface area contributed by atoms with Crippen molar-refractivity contribution in [2.75, 3.05) is 18.6 Å². The van der Waals surface area contributed by atoms with Crippen LogP contribution in [0.3, 0.4) is 0 Å². The number of carbonyl (C=O) groups excluding carboxylic acids is 4. The molecule has 0 unspecified atom stereocenters. The normalized spacial score (nSPS) is 29.7. The summed E-state index contributed by atoms with van der Waals surface area (Å²) in [5.41, 5.74) is 3.41. The van der Waals surface area contributed by atoms with Gasteiger partial charge in [-0.2, -0.15) is 0 Å². The number of nitrogens with two attached hydrogens (primary N) is 1. The van der Waals surface area contributed by atoms with Gasteiger partial charge in [-0.05, 0) is 0 Å². The van der Waals surface area contributed by atoms with E-state index in [0.717, 1.165) is 16.2 Å². The van der Waals surface area contributed by atoms with Crippen LogP contribution in [0.15, 0.2) is 10.5 Å². The number of thioether (sulfide) groups is 1. The molecule has 154 valence electrons. The van der Waals surface area contributed by atoms with Crippen LogP contribution < -0.4 is 45.7 Å². The first kappa shape index (κ1) is 22.8. The van der Waals surface area contributed by atoms with Gasteiger partial charge >= 0.3 is 35.5 Å². The molecule has 30 heavy (non-hydrogen) atoms. The molecule has 0 bridgehead atoms. The maximum Gasteiger partial charge on any atom is 1.00 e. The van der Waals surface area contributed by atoms with E-state index in [1.54, 1.807) is 0 Å². The quantitative estimate of drug-likeness (QED) is 0.141. The summed E-state index contributed by atoms with van der Waals surface area (Å²) in [5.74, 6) is -3.50. The zero-order chi connectivity index (χ0) is 20.9. The molecule has 0 aliphatic carbocycles. The molecule has 0 aromatic carbocycles. The fourth-order valence-electron chi connectivity index (χ4n) is 3.62. The third-order valence-electron chi connectivity index (χ3n) is 4.85. The Balaban J connectivity index is 0.00000256. The van der Waals surface area contributed by atoms with Crippen LogP contribution in [0, 0.1) is 0 Å². The summed E-state index contributed by atoms with van der Waals surface area (Å²) in [6.45, 7) is 0. The Bertz CT molecular complexity index is 956. The number of nitrogen functional groups attached to an aromatic ring is 1. The first-order chi connectivity index (χ1) is 13.8. The largest absolute Gasteiger partial charge is 1.00 e. The van der Waals surface area contributed by atoms with Crippen LogP contribution in [-0.4, -0.2) is 75.3 Å². The van der Waals surface area contributed by atoms with Gasteiger partial charge in [0.25, 0.3) is 11.8 Å². The van der Waals surface area contributed by atoms with E-state index in [1.165, 1.54) is 24.3 Å². The molecule has 0 radical (unpaired) electrons. The molecular formula is C15H14N5NaO7S2. The van der Waals surface area contributed by atoms with Crippen LogP contribution >= 0.6 is 23.1 Å². The Kier molecular flexibility index (Phi) is 6.34. The maximum atomic E-state index is 12.7. The first-order valence-electron chi connectivity index (χ1n) is 8.31. The summed E-state index contributed by atoms with van der Waals surface area (Å²) in [5, 5.41) is 18.9. The number of rotatable bonds is 5. The van der Waals surface area contributed by atoms with Crippen molar-refractivity contribution in [3.05, 3.63) is 11.1 Å². The van der Waals surface area contributed by atoms with E-state index in [9.17, 15) is 24.3 Å². The van der Waals surface area contributed by atoms with Crippen molar-refractivity contribution in [2.45, 2.75) is 29.5 Å². The van der Waals surface area contributed by atoms with Crippen LogP contribution in [-0.2, 0) is 28.8 Å². The number of carbonyl (C=O) groups is 4. The Morgan fingerprint density at radius 3 is 2.83 bits per heavy atom. The zero-order valence-electron chi connectivity index (χ0n) is 15.8. The summed E-state index contributed by atoms with van der Waals surface area (Å²) in [6, 6.07) is -1.72. The fraction of sp³-hybridized carbons (Fsp3) is 0.467. The smallest absolute Gasteiger partial charge is 0.544 e. The molecule has 4 heterocycles. The number of aliphatic carboxylic acids is 1. The van der Waals surface area contributed by atoms with Gasteiger partial charge in [0.15, 0.2) is 10.8 Å². The number of aromatic nitrogens is 1. The molecule has 1 aromatic rings. The van der Waals surface area contributed by atoms with E-state index in [1.807, 2.05) is 0 Å². The standard InChI is InChI=1S/C15H15N5O7S2.Na/c1-26-19-9(5-3-29-14(16)17-5)11(22)18-10-6-4-28-7-2-8(21)27-15(7,13(24)25)20(6)12(10)23;/h3,6-7,10H,2,4H2,1H3,(H2,16,17)(H,18,22)(H,24,25);/q;+1/p-1/b19-9-;/t6-,7+,10+,15-;/m1./s1. The van der Waals surface area contributed by atoms with E-state index in [4.69, 9.17) is 10.5 Å².